The lowest BCUT2D eigenvalue weighted by atomic mass is 10.5. The van der Waals surface area contributed by atoms with Gasteiger partial charge in [0.2, 0.25) is 0 Å². The van der Waals surface area contributed by atoms with Crippen LogP contribution in [0.2, 0.25) is 0 Å². The van der Waals surface area contributed by atoms with Crippen molar-refractivity contribution in [2.75, 3.05) is 5.33 Å². The van der Waals surface area contributed by atoms with Crippen molar-refractivity contribution in [1.29, 1.82) is 0 Å². The molecular formula is C4H3BrClF3. The summed E-state index contributed by atoms with van der Waals surface area (Å²) in [6.45, 7) is 0. The van der Waals surface area contributed by atoms with Crippen LogP contribution in [0.15, 0.2) is 11.1 Å². The summed E-state index contributed by atoms with van der Waals surface area (Å²) in [6.07, 6.45) is -3.54. The number of hydrogen-bond donors (Lipinski definition) is 0. The Hall–Kier alpha value is 0.300. The number of alkyl halides is 4. The molecule has 0 heterocycles. The Labute approximate surface area is 63.8 Å². The van der Waals surface area contributed by atoms with Crippen molar-refractivity contribution in [3.63, 3.8) is 0 Å². The van der Waals surface area contributed by atoms with Crippen molar-refractivity contribution < 1.29 is 13.2 Å². The van der Waals surface area contributed by atoms with Crippen LogP contribution in [0.5, 0.6) is 0 Å². The van der Waals surface area contributed by atoms with E-state index in [1.807, 2.05) is 0 Å². The van der Waals surface area contributed by atoms with Gasteiger partial charge in [-0.05, 0) is 0 Å². The highest BCUT2D eigenvalue weighted by atomic mass is 79.9. The first-order valence-corrected chi connectivity index (χ1v) is 3.47. The molecular weight excluding hydrogens is 220 g/mol. The van der Waals surface area contributed by atoms with Crippen molar-refractivity contribution in [1.82, 2.24) is 0 Å². The summed E-state index contributed by atoms with van der Waals surface area (Å²) in [7, 11) is 0. The molecule has 0 amide bonds. The highest BCUT2D eigenvalue weighted by molar-refractivity contribution is 9.09. The van der Waals surface area contributed by atoms with Crippen molar-refractivity contribution in [3.8, 4) is 0 Å². The number of allylic oxidation sites excluding steroid dienone is 2. The molecule has 9 heavy (non-hydrogen) atoms. The van der Waals surface area contributed by atoms with Gasteiger partial charge >= 0.3 is 6.18 Å². The van der Waals surface area contributed by atoms with Crippen LogP contribution in [-0.4, -0.2) is 11.5 Å². The molecule has 0 atom stereocenters. The summed E-state index contributed by atoms with van der Waals surface area (Å²) in [6, 6.07) is 0. The van der Waals surface area contributed by atoms with Gasteiger partial charge in [-0.3, -0.25) is 0 Å². The van der Waals surface area contributed by atoms with E-state index in [2.05, 4.69) is 15.9 Å². The van der Waals surface area contributed by atoms with Crippen LogP contribution in [0.4, 0.5) is 13.2 Å². The van der Waals surface area contributed by atoms with Crippen molar-refractivity contribution in [2.24, 2.45) is 0 Å². The topological polar surface area (TPSA) is 0 Å². The standard InChI is InChI=1S/C4H3BrClF3/c5-2-1-3(6)4(7,8)9/h1H,2H2. The highest BCUT2D eigenvalue weighted by Crippen LogP contribution is 2.28. The second kappa shape index (κ2) is 3.46. The third-order valence-electron chi connectivity index (χ3n) is 0.527. The molecule has 5 heteroatoms. The molecule has 0 fully saturated rings. The first kappa shape index (κ1) is 9.30. The second-order valence-electron chi connectivity index (χ2n) is 1.20. The summed E-state index contributed by atoms with van der Waals surface area (Å²) in [5, 5.41) is -0.968. The fourth-order valence-corrected chi connectivity index (χ4v) is 0.771. The zero-order chi connectivity index (χ0) is 7.49. The van der Waals surface area contributed by atoms with Gasteiger partial charge in [0.25, 0.3) is 0 Å². The first-order valence-electron chi connectivity index (χ1n) is 1.97. The number of hydrogen-bond acceptors (Lipinski definition) is 0. The zero-order valence-corrected chi connectivity index (χ0v) is 6.52. The quantitative estimate of drug-likeness (QED) is 0.599. The normalized spacial score (nSPS) is 14.1. The minimum absolute atomic E-state index is 0.116. The van der Waals surface area contributed by atoms with E-state index >= 15 is 0 Å². The smallest absolute Gasteiger partial charge is 0.165 e. The zero-order valence-electron chi connectivity index (χ0n) is 4.17. The molecule has 0 aliphatic heterocycles. The van der Waals surface area contributed by atoms with Crippen LogP contribution < -0.4 is 0 Å². The fourth-order valence-electron chi connectivity index (χ4n) is 0.183. The third kappa shape index (κ3) is 3.81. The third-order valence-corrected chi connectivity index (χ3v) is 1.22. The summed E-state index contributed by atoms with van der Waals surface area (Å²) in [4.78, 5) is 0. The lowest BCUT2D eigenvalue weighted by Gasteiger charge is -2.01. The van der Waals surface area contributed by atoms with E-state index < -0.39 is 11.2 Å². The number of rotatable bonds is 1. The predicted octanol–water partition coefficient (Wildman–Crippen LogP) is 3.07. The maximum atomic E-state index is 11.4. The molecule has 0 saturated carbocycles. The van der Waals surface area contributed by atoms with Crippen molar-refractivity contribution >= 4 is 27.5 Å². The molecule has 54 valence electrons. The van der Waals surface area contributed by atoms with E-state index in [0.717, 1.165) is 6.08 Å². The largest absolute Gasteiger partial charge is 0.426 e. The maximum Gasteiger partial charge on any atom is 0.426 e. The Morgan fingerprint density at radius 2 is 2.00 bits per heavy atom. The van der Waals surface area contributed by atoms with Gasteiger partial charge in [0.1, 0.15) is 5.03 Å². The maximum absolute atomic E-state index is 11.4. The Balaban J connectivity index is 4.03. The molecule has 0 N–H and O–H groups in total. The summed E-state index contributed by atoms with van der Waals surface area (Å²) < 4.78 is 34.2. The van der Waals surface area contributed by atoms with Crippen molar-refractivity contribution in [3.05, 3.63) is 11.1 Å². The summed E-state index contributed by atoms with van der Waals surface area (Å²) >= 11 is 7.54. The molecule has 0 nitrogen and oxygen atoms in total. The fraction of sp³-hybridized carbons (Fsp3) is 0.500. The Bertz CT molecular complexity index is 117. The van der Waals surface area contributed by atoms with Gasteiger partial charge in [-0.1, -0.05) is 33.6 Å². The van der Waals surface area contributed by atoms with Crippen LogP contribution in [0.3, 0.4) is 0 Å². The van der Waals surface area contributed by atoms with Gasteiger partial charge in [0, 0.05) is 5.33 Å². The van der Waals surface area contributed by atoms with Crippen molar-refractivity contribution in [2.45, 2.75) is 6.18 Å². The van der Waals surface area contributed by atoms with Gasteiger partial charge in [-0.2, -0.15) is 13.2 Å². The molecule has 0 aromatic rings. The number of halogens is 5. The van der Waals surface area contributed by atoms with Gasteiger partial charge in [0.05, 0.1) is 0 Å². The highest BCUT2D eigenvalue weighted by Gasteiger charge is 2.31. The minimum Gasteiger partial charge on any atom is -0.165 e. The van der Waals surface area contributed by atoms with E-state index in [1.54, 1.807) is 0 Å². The molecule has 0 aromatic heterocycles. The Morgan fingerprint density at radius 1 is 1.56 bits per heavy atom. The molecule has 0 aliphatic rings. The van der Waals surface area contributed by atoms with Crippen LogP contribution >= 0.6 is 27.5 Å². The van der Waals surface area contributed by atoms with Crippen LogP contribution in [0.1, 0.15) is 0 Å². The average Bonchev–Trinajstić information content (AvgIpc) is 1.64. The average molecular weight is 223 g/mol. The summed E-state index contributed by atoms with van der Waals surface area (Å²) in [5.41, 5.74) is 0. The van der Waals surface area contributed by atoms with E-state index in [-0.39, 0.29) is 5.33 Å². The SMILES string of the molecule is FC(F)(F)C(Cl)=CCBr. The van der Waals surface area contributed by atoms with Gasteiger partial charge in [0.15, 0.2) is 0 Å². The Kier molecular flexibility index (Phi) is 3.58. The molecule has 0 aromatic carbocycles. The van der Waals surface area contributed by atoms with Crippen LogP contribution in [0.25, 0.3) is 0 Å². The predicted molar refractivity (Wildman–Crippen MR) is 33.8 cm³/mol. The minimum atomic E-state index is -4.39. The second-order valence-corrected chi connectivity index (χ2v) is 2.26. The van der Waals surface area contributed by atoms with Gasteiger partial charge in [-0.25, -0.2) is 0 Å². The molecule has 0 aliphatic carbocycles. The molecule has 0 rings (SSSR count). The lowest BCUT2D eigenvalue weighted by molar-refractivity contribution is -0.0846. The van der Waals surface area contributed by atoms with Gasteiger partial charge in [-0.15, -0.1) is 0 Å². The molecule has 0 unspecified atom stereocenters. The van der Waals surface area contributed by atoms with Crippen LogP contribution in [-0.2, 0) is 0 Å². The van der Waals surface area contributed by atoms with Gasteiger partial charge < -0.3 is 0 Å². The lowest BCUT2D eigenvalue weighted by Crippen LogP contribution is -2.06. The Morgan fingerprint density at radius 3 is 2.11 bits per heavy atom. The summed E-state index contributed by atoms with van der Waals surface area (Å²) in [5.74, 6) is 0. The van der Waals surface area contributed by atoms with E-state index in [1.165, 1.54) is 0 Å². The van der Waals surface area contributed by atoms with E-state index in [0.29, 0.717) is 0 Å². The molecule has 0 spiro atoms. The molecule has 0 bridgehead atoms. The van der Waals surface area contributed by atoms with Crippen LogP contribution in [0, 0.1) is 0 Å². The monoisotopic (exact) mass is 222 g/mol. The molecule has 0 radical (unpaired) electrons. The van der Waals surface area contributed by atoms with E-state index in [9.17, 15) is 13.2 Å². The van der Waals surface area contributed by atoms with E-state index in [4.69, 9.17) is 11.6 Å². The molecule has 0 saturated heterocycles. The first-order chi connectivity index (χ1) is 3.98.